The number of amides is 3. The van der Waals surface area contributed by atoms with Crippen molar-refractivity contribution in [2.45, 2.75) is 17.0 Å². The third-order valence-electron chi connectivity index (χ3n) is 5.04. The van der Waals surface area contributed by atoms with Gasteiger partial charge in [0.25, 0.3) is 5.91 Å². The molecule has 1 heterocycles. The molecule has 29 heavy (non-hydrogen) atoms. The van der Waals surface area contributed by atoms with E-state index in [9.17, 15) is 9.59 Å². The van der Waals surface area contributed by atoms with E-state index in [0.29, 0.717) is 13.1 Å². The zero-order valence-corrected chi connectivity index (χ0v) is 17.6. The van der Waals surface area contributed by atoms with Crippen molar-refractivity contribution >= 4 is 29.8 Å². The summed E-state index contributed by atoms with van der Waals surface area (Å²) >= 11 is 1.63. The van der Waals surface area contributed by atoms with E-state index in [1.165, 1.54) is 0 Å². The number of methoxy groups -OCH3 is 1. The van der Waals surface area contributed by atoms with Gasteiger partial charge in [0, 0.05) is 18.0 Å². The molecule has 2 N–H and O–H groups in total. The molecule has 0 aromatic heterocycles. The predicted molar refractivity (Wildman–Crippen MR) is 116 cm³/mol. The number of hydrogen-bond donors (Lipinski definition) is 2. The first-order valence-electron chi connectivity index (χ1n) is 9.18. The van der Waals surface area contributed by atoms with Crippen LogP contribution in [0.3, 0.4) is 0 Å². The first-order chi connectivity index (χ1) is 13.9. The maximum atomic E-state index is 12.8. The number of imide groups is 1. The Morgan fingerprint density at radius 2 is 1.93 bits per heavy atom. The standard InChI is InChI=1S/C22H25N3O3S/c1-5-15-12-18(28-3)9-6-16(15)13-25(2)14-22(20(26)23-21(27)24-22)17-7-10-19(29-4)11-8-17/h5-12H,1,13-14H2,2-4H3,(H2,23,24,26,27). The van der Waals surface area contributed by atoms with Crippen molar-refractivity contribution in [2.24, 2.45) is 0 Å². The Labute approximate surface area is 175 Å². The highest BCUT2D eigenvalue weighted by atomic mass is 32.2. The summed E-state index contributed by atoms with van der Waals surface area (Å²) < 4.78 is 5.28. The number of ether oxygens (including phenoxy) is 1. The van der Waals surface area contributed by atoms with Crippen LogP contribution in [0.15, 0.2) is 53.9 Å². The Morgan fingerprint density at radius 3 is 2.48 bits per heavy atom. The zero-order valence-electron chi connectivity index (χ0n) is 16.8. The second kappa shape index (κ2) is 8.71. The van der Waals surface area contributed by atoms with E-state index >= 15 is 0 Å². The second-order valence-electron chi connectivity index (χ2n) is 6.98. The molecule has 0 saturated carbocycles. The average molecular weight is 412 g/mol. The number of carbonyl (C=O) groups is 2. The van der Waals surface area contributed by atoms with E-state index in [2.05, 4.69) is 17.2 Å². The fraction of sp³-hybridized carbons (Fsp3) is 0.273. The van der Waals surface area contributed by atoms with Crippen LogP contribution in [0.4, 0.5) is 4.79 Å². The van der Waals surface area contributed by atoms with Crippen LogP contribution < -0.4 is 15.4 Å². The van der Waals surface area contributed by atoms with Crippen LogP contribution >= 0.6 is 11.8 Å². The summed E-state index contributed by atoms with van der Waals surface area (Å²) in [5.41, 5.74) is 1.64. The van der Waals surface area contributed by atoms with Gasteiger partial charge < -0.3 is 10.1 Å². The monoisotopic (exact) mass is 411 g/mol. The van der Waals surface area contributed by atoms with Gasteiger partial charge in [-0.15, -0.1) is 11.8 Å². The Morgan fingerprint density at radius 1 is 1.21 bits per heavy atom. The van der Waals surface area contributed by atoms with Crippen LogP contribution in [0, 0.1) is 0 Å². The van der Waals surface area contributed by atoms with Crippen LogP contribution in [0.25, 0.3) is 6.08 Å². The van der Waals surface area contributed by atoms with Crippen LogP contribution in [-0.4, -0.2) is 43.8 Å². The number of hydrogen-bond acceptors (Lipinski definition) is 5. The minimum absolute atomic E-state index is 0.325. The molecule has 152 valence electrons. The lowest BCUT2D eigenvalue weighted by Crippen LogP contribution is -2.51. The SMILES string of the molecule is C=Cc1cc(OC)ccc1CN(C)CC1(c2ccc(SC)cc2)NC(=O)NC1=O. The van der Waals surface area contributed by atoms with Gasteiger partial charge in [0.15, 0.2) is 5.54 Å². The summed E-state index contributed by atoms with van der Waals surface area (Å²) in [5.74, 6) is 0.420. The van der Waals surface area contributed by atoms with Gasteiger partial charge in [-0.05, 0) is 54.3 Å². The van der Waals surface area contributed by atoms with Gasteiger partial charge in [0.1, 0.15) is 5.75 Å². The van der Waals surface area contributed by atoms with E-state index in [4.69, 9.17) is 4.74 Å². The Bertz CT molecular complexity index is 929. The van der Waals surface area contributed by atoms with Gasteiger partial charge in [0.2, 0.25) is 0 Å². The molecule has 3 rings (SSSR count). The van der Waals surface area contributed by atoms with E-state index < -0.39 is 11.6 Å². The molecule has 3 amide bonds. The van der Waals surface area contributed by atoms with Gasteiger partial charge >= 0.3 is 6.03 Å². The van der Waals surface area contributed by atoms with Crippen LogP contribution in [0.1, 0.15) is 16.7 Å². The van der Waals surface area contributed by atoms with Crippen molar-refractivity contribution in [3.05, 3.63) is 65.7 Å². The third-order valence-corrected chi connectivity index (χ3v) is 5.79. The van der Waals surface area contributed by atoms with E-state index in [1.54, 1.807) is 24.9 Å². The number of carbonyl (C=O) groups excluding carboxylic acids is 2. The minimum Gasteiger partial charge on any atom is -0.497 e. The van der Waals surface area contributed by atoms with E-state index in [1.807, 2.05) is 60.7 Å². The molecule has 2 aromatic carbocycles. The predicted octanol–water partition coefficient (Wildman–Crippen LogP) is 3.23. The van der Waals surface area contributed by atoms with E-state index in [0.717, 1.165) is 27.3 Å². The van der Waals surface area contributed by atoms with Crippen molar-refractivity contribution in [3.63, 3.8) is 0 Å². The Balaban J connectivity index is 1.87. The Hall–Kier alpha value is -2.77. The molecule has 1 saturated heterocycles. The molecule has 0 aliphatic carbocycles. The van der Waals surface area contributed by atoms with Gasteiger partial charge in [-0.1, -0.05) is 30.9 Å². The van der Waals surface area contributed by atoms with Crippen molar-refractivity contribution < 1.29 is 14.3 Å². The largest absolute Gasteiger partial charge is 0.497 e. The molecule has 0 bridgehead atoms. The zero-order chi connectivity index (χ0) is 21.0. The van der Waals surface area contributed by atoms with Crippen LogP contribution in [0.2, 0.25) is 0 Å². The minimum atomic E-state index is -1.14. The summed E-state index contributed by atoms with van der Waals surface area (Å²) in [5, 5.41) is 5.23. The molecule has 0 radical (unpaired) electrons. The van der Waals surface area contributed by atoms with Crippen LogP contribution in [-0.2, 0) is 16.9 Å². The second-order valence-corrected chi connectivity index (χ2v) is 7.86. The molecule has 1 unspecified atom stereocenters. The lowest BCUT2D eigenvalue weighted by molar-refractivity contribution is -0.125. The molecule has 0 spiro atoms. The highest BCUT2D eigenvalue weighted by molar-refractivity contribution is 7.98. The van der Waals surface area contributed by atoms with Crippen molar-refractivity contribution in [1.82, 2.24) is 15.5 Å². The summed E-state index contributed by atoms with van der Waals surface area (Å²) in [6, 6.07) is 13.0. The molecule has 1 aliphatic rings. The van der Waals surface area contributed by atoms with Gasteiger partial charge in [-0.2, -0.15) is 0 Å². The molecule has 1 atom stereocenters. The number of thioether (sulfide) groups is 1. The first-order valence-corrected chi connectivity index (χ1v) is 10.4. The normalized spacial score (nSPS) is 18.5. The lowest BCUT2D eigenvalue weighted by Gasteiger charge is -2.32. The maximum absolute atomic E-state index is 12.8. The highest BCUT2D eigenvalue weighted by Gasteiger charge is 2.48. The van der Waals surface area contributed by atoms with Crippen molar-refractivity contribution in [1.29, 1.82) is 0 Å². The smallest absolute Gasteiger partial charge is 0.322 e. The highest BCUT2D eigenvalue weighted by Crippen LogP contribution is 2.29. The third kappa shape index (κ3) is 4.31. The fourth-order valence-corrected chi connectivity index (χ4v) is 3.97. The quantitative estimate of drug-likeness (QED) is 0.516. The van der Waals surface area contributed by atoms with E-state index in [-0.39, 0.29) is 5.91 Å². The average Bonchev–Trinajstić information content (AvgIpc) is 3.01. The van der Waals surface area contributed by atoms with Gasteiger partial charge in [-0.3, -0.25) is 15.0 Å². The maximum Gasteiger partial charge on any atom is 0.322 e. The van der Waals surface area contributed by atoms with Gasteiger partial charge in [0.05, 0.1) is 7.11 Å². The van der Waals surface area contributed by atoms with Crippen molar-refractivity contribution in [3.8, 4) is 5.75 Å². The number of nitrogens with one attached hydrogen (secondary N) is 2. The lowest BCUT2D eigenvalue weighted by atomic mass is 9.89. The number of benzene rings is 2. The van der Waals surface area contributed by atoms with Crippen molar-refractivity contribution in [2.75, 3.05) is 27.0 Å². The summed E-state index contributed by atoms with van der Waals surface area (Å²) in [6.07, 6.45) is 3.78. The Kier molecular flexibility index (Phi) is 6.30. The number of urea groups is 1. The summed E-state index contributed by atoms with van der Waals surface area (Å²) in [4.78, 5) is 27.9. The number of nitrogens with zero attached hydrogens (tertiary/aromatic N) is 1. The molecular weight excluding hydrogens is 386 g/mol. The fourth-order valence-electron chi connectivity index (χ4n) is 3.56. The molecule has 1 aliphatic heterocycles. The molecule has 2 aromatic rings. The first kappa shape index (κ1) is 21.0. The summed E-state index contributed by atoms with van der Waals surface area (Å²) in [7, 11) is 3.55. The number of likely N-dealkylation sites (N-methyl/N-ethyl adjacent to an activating group) is 1. The number of rotatable bonds is 8. The van der Waals surface area contributed by atoms with Crippen LogP contribution in [0.5, 0.6) is 5.75 Å². The van der Waals surface area contributed by atoms with Gasteiger partial charge in [-0.25, -0.2) is 4.79 Å². The topological polar surface area (TPSA) is 70.7 Å². The molecular formula is C22H25N3O3S. The molecule has 7 heteroatoms. The summed E-state index contributed by atoms with van der Waals surface area (Å²) in [6.45, 7) is 4.79. The molecule has 6 nitrogen and oxygen atoms in total. The molecule has 1 fully saturated rings.